The molecule has 3 heterocycles. The molecule has 0 amide bonds. The van der Waals surface area contributed by atoms with Gasteiger partial charge in [0.05, 0.1) is 39.4 Å². The molecule has 284 valence electrons. The first kappa shape index (κ1) is 36.9. The van der Waals surface area contributed by atoms with E-state index in [1.807, 2.05) is 78.9 Å². The van der Waals surface area contributed by atoms with Gasteiger partial charge in [0.15, 0.2) is 5.82 Å². The number of nitrogens with one attached hydrogen (secondary N) is 1. The molecule has 0 saturated heterocycles. The van der Waals surface area contributed by atoms with Crippen molar-refractivity contribution in [2.45, 2.75) is 6.18 Å². The maximum atomic E-state index is 13.4. The maximum absolute atomic E-state index is 13.4. The highest BCUT2D eigenvalue weighted by molar-refractivity contribution is 6.15. The number of alkyl halides is 3. The summed E-state index contributed by atoms with van der Waals surface area (Å²) in [6.45, 7) is 3.75. The summed E-state index contributed by atoms with van der Waals surface area (Å²) in [7, 11) is 0. The van der Waals surface area contributed by atoms with Gasteiger partial charge in [0.25, 0.3) is 0 Å². The van der Waals surface area contributed by atoms with E-state index in [1.54, 1.807) is 24.4 Å². The molecule has 8 heteroatoms. The van der Waals surface area contributed by atoms with Crippen molar-refractivity contribution in [3.8, 4) is 62.0 Å². The Kier molecular flexibility index (Phi) is 9.58. The summed E-state index contributed by atoms with van der Waals surface area (Å²) in [5.41, 5.74) is 10.9. The number of pyridine rings is 1. The lowest BCUT2D eigenvalue weighted by atomic mass is 10.00. The Hall–Kier alpha value is -7.71. The van der Waals surface area contributed by atoms with Gasteiger partial charge in [-0.2, -0.15) is 13.2 Å². The Balaban J connectivity index is 1.10. The highest BCUT2D eigenvalue weighted by atomic mass is 19.4. The zero-order valence-corrected chi connectivity index (χ0v) is 31.5. The van der Waals surface area contributed by atoms with Gasteiger partial charge in [-0.15, -0.1) is 0 Å². The summed E-state index contributed by atoms with van der Waals surface area (Å²) in [5, 5.41) is 10.8. The summed E-state index contributed by atoms with van der Waals surface area (Å²) in [6.07, 6.45) is 2.52. The van der Waals surface area contributed by atoms with Crippen LogP contribution in [0.15, 0.2) is 195 Å². The summed E-state index contributed by atoms with van der Waals surface area (Å²) >= 11 is 0. The van der Waals surface area contributed by atoms with E-state index in [2.05, 4.69) is 76.8 Å². The van der Waals surface area contributed by atoms with Crippen LogP contribution in [0.25, 0.3) is 83.8 Å². The van der Waals surface area contributed by atoms with Crippen molar-refractivity contribution in [2.75, 3.05) is 0 Å². The third kappa shape index (κ3) is 7.35. The van der Waals surface area contributed by atoms with Gasteiger partial charge >= 0.3 is 6.18 Å². The van der Waals surface area contributed by atoms with Crippen LogP contribution < -0.4 is 0 Å². The van der Waals surface area contributed by atoms with E-state index in [-0.39, 0.29) is 0 Å². The topological polar surface area (TPSA) is 67.5 Å². The fourth-order valence-corrected chi connectivity index (χ4v) is 7.37. The van der Waals surface area contributed by atoms with E-state index in [0.717, 1.165) is 78.7 Å². The van der Waals surface area contributed by atoms with Crippen LogP contribution in [-0.4, -0.2) is 25.2 Å². The molecule has 1 N–H and O–H groups in total. The zero-order valence-electron chi connectivity index (χ0n) is 31.5. The molecule has 0 bridgehead atoms. The predicted molar refractivity (Wildman–Crippen MR) is 233 cm³/mol. The maximum Gasteiger partial charge on any atom is 0.416 e. The number of aromatic nitrogens is 4. The Morgan fingerprint density at radius 2 is 1.19 bits per heavy atom. The molecule has 9 rings (SSSR count). The van der Waals surface area contributed by atoms with Crippen molar-refractivity contribution in [2.24, 2.45) is 0 Å². The number of benzene rings is 6. The first-order valence-corrected chi connectivity index (χ1v) is 18.9. The van der Waals surface area contributed by atoms with Gasteiger partial charge in [0.1, 0.15) is 0 Å². The quantitative estimate of drug-likeness (QED) is 0.117. The second kappa shape index (κ2) is 15.3. The van der Waals surface area contributed by atoms with Crippen LogP contribution in [0.3, 0.4) is 0 Å². The largest absolute Gasteiger partial charge is 0.416 e. The van der Waals surface area contributed by atoms with Gasteiger partial charge in [-0.25, -0.2) is 9.97 Å². The van der Waals surface area contributed by atoms with Crippen LogP contribution in [0.4, 0.5) is 13.2 Å². The minimum absolute atomic E-state index is 0.334. The highest BCUT2D eigenvalue weighted by Gasteiger charge is 2.30. The van der Waals surface area contributed by atoms with Gasteiger partial charge in [-0.3, -0.25) is 4.98 Å². The van der Waals surface area contributed by atoms with Gasteiger partial charge in [0.2, 0.25) is 0 Å². The number of halogens is 3. The molecule has 6 aromatic carbocycles. The summed E-state index contributed by atoms with van der Waals surface area (Å²) < 4.78 is 42.4. The fraction of sp³-hybridized carbons (Fsp3) is 0.0196. The molecule has 5 nitrogen and oxygen atoms in total. The first-order chi connectivity index (χ1) is 28.7. The Morgan fingerprint density at radius 1 is 0.559 bits per heavy atom. The number of fused-ring (bicyclic) bond motifs is 3. The lowest BCUT2D eigenvalue weighted by Gasteiger charge is -2.12. The molecule has 9 aromatic rings. The zero-order chi connectivity index (χ0) is 40.5. The molecule has 0 fully saturated rings. The molecule has 0 spiro atoms. The van der Waals surface area contributed by atoms with E-state index in [1.165, 1.54) is 12.1 Å². The third-order valence-electron chi connectivity index (χ3n) is 10.3. The van der Waals surface area contributed by atoms with Crippen LogP contribution in [0, 0.1) is 5.41 Å². The monoisotopic (exact) mass is 773 g/mol. The molecule has 0 aliphatic carbocycles. The van der Waals surface area contributed by atoms with Gasteiger partial charge < -0.3 is 9.98 Å². The third-order valence-corrected chi connectivity index (χ3v) is 10.3. The summed E-state index contributed by atoms with van der Waals surface area (Å²) in [4.78, 5) is 14.2. The van der Waals surface area contributed by atoms with Crippen molar-refractivity contribution in [1.29, 1.82) is 5.41 Å². The normalized spacial score (nSPS) is 11.7. The van der Waals surface area contributed by atoms with Crippen molar-refractivity contribution >= 4 is 27.5 Å². The first-order valence-electron chi connectivity index (χ1n) is 18.9. The molecular formula is C51H34F3N5. The molecular weight excluding hydrogens is 740 g/mol. The molecule has 3 aromatic heterocycles. The molecule has 0 atom stereocenters. The molecule has 0 radical (unpaired) electrons. The van der Waals surface area contributed by atoms with Gasteiger partial charge in [0, 0.05) is 50.5 Å². The Bertz CT molecular complexity index is 3040. The lowest BCUT2D eigenvalue weighted by Crippen LogP contribution is -2.04. The number of rotatable bonds is 9. The molecule has 0 unspecified atom stereocenters. The summed E-state index contributed by atoms with van der Waals surface area (Å²) in [5.74, 6) is 0.334. The van der Waals surface area contributed by atoms with Crippen LogP contribution in [0.2, 0.25) is 0 Å². The molecule has 0 aliphatic rings. The Labute approximate surface area is 338 Å². The summed E-state index contributed by atoms with van der Waals surface area (Å²) in [6, 6.07) is 51.4. The van der Waals surface area contributed by atoms with Crippen molar-refractivity contribution in [1.82, 2.24) is 19.5 Å². The molecule has 59 heavy (non-hydrogen) atoms. The van der Waals surface area contributed by atoms with E-state index in [9.17, 15) is 13.2 Å². The predicted octanol–water partition coefficient (Wildman–Crippen LogP) is 13.4. The molecule has 0 saturated carbocycles. The number of hydrogen-bond donors (Lipinski definition) is 1. The Morgan fingerprint density at radius 3 is 1.90 bits per heavy atom. The number of allylic oxidation sites excluding steroid dienone is 3. The highest BCUT2D eigenvalue weighted by Crippen LogP contribution is 2.37. The smallest absolute Gasteiger partial charge is 0.309 e. The van der Waals surface area contributed by atoms with Crippen LogP contribution in [0.5, 0.6) is 0 Å². The van der Waals surface area contributed by atoms with Crippen LogP contribution in [0.1, 0.15) is 11.1 Å². The standard InChI is InChI=1S/C51H34F3N5/c1-2-3-14-44(55)37-20-26-48-42(30-37)43-31-39(45-15-7-8-28-56-45)21-27-49(43)59(48)41-24-18-33(19-25-41)36-12-9-13-38(29-36)47-32-46(34-10-5-4-6-11-34)57-50(58-47)35-16-22-40(23-17-35)51(52,53)54/h2-32,55H,1H2/b14-3-,55-44?. The van der Waals surface area contributed by atoms with E-state index < -0.39 is 11.7 Å². The SMILES string of the molecule is C=C/C=C\C(=N)c1ccc2c(c1)c1cc(-c3ccccn3)ccc1n2-c1ccc(-c2cccc(-c3cc(-c4ccccc4)nc(-c4ccc(C(F)(F)F)cc4)n3)c2)cc1. The fourth-order valence-electron chi connectivity index (χ4n) is 7.37. The molecule has 0 aliphatic heterocycles. The van der Waals surface area contributed by atoms with Crippen molar-refractivity contribution in [3.05, 3.63) is 206 Å². The van der Waals surface area contributed by atoms with Gasteiger partial charge in [-0.1, -0.05) is 110 Å². The van der Waals surface area contributed by atoms with Crippen LogP contribution >= 0.6 is 0 Å². The van der Waals surface area contributed by atoms with E-state index >= 15 is 0 Å². The minimum atomic E-state index is -4.44. The second-order valence-electron chi connectivity index (χ2n) is 14.1. The van der Waals surface area contributed by atoms with E-state index in [0.29, 0.717) is 28.5 Å². The average Bonchev–Trinajstić information content (AvgIpc) is 3.61. The van der Waals surface area contributed by atoms with Gasteiger partial charge in [-0.05, 0) is 90.0 Å². The van der Waals surface area contributed by atoms with Crippen LogP contribution in [-0.2, 0) is 6.18 Å². The second-order valence-corrected chi connectivity index (χ2v) is 14.1. The number of nitrogens with zero attached hydrogens (tertiary/aromatic N) is 4. The lowest BCUT2D eigenvalue weighted by molar-refractivity contribution is -0.137. The average molecular weight is 774 g/mol. The van der Waals surface area contributed by atoms with Crippen molar-refractivity contribution in [3.63, 3.8) is 0 Å². The number of hydrogen-bond acceptors (Lipinski definition) is 4. The van der Waals surface area contributed by atoms with Crippen molar-refractivity contribution < 1.29 is 13.2 Å². The van der Waals surface area contributed by atoms with E-state index in [4.69, 9.17) is 15.4 Å². The minimum Gasteiger partial charge on any atom is -0.309 e.